The second-order valence-corrected chi connectivity index (χ2v) is 5.05. The molecular formula is C15H20F3NO3. The van der Waals surface area contributed by atoms with Crippen LogP contribution in [0.3, 0.4) is 0 Å². The van der Waals surface area contributed by atoms with E-state index in [0.717, 1.165) is 44.2 Å². The summed E-state index contributed by atoms with van der Waals surface area (Å²) >= 11 is 0. The molecular weight excluding hydrogens is 299 g/mol. The highest BCUT2D eigenvalue weighted by molar-refractivity contribution is 5.45. The van der Waals surface area contributed by atoms with Crippen molar-refractivity contribution in [2.45, 2.75) is 51.6 Å². The van der Waals surface area contributed by atoms with Gasteiger partial charge in [-0.15, -0.1) is 0 Å². The van der Waals surface area contributed by atoms with Gasteiger partial charge in [-0.25, -0.2) is 0 Å². The molecule has 0 aliphatic heterocycles. The SMILES string of the molecule is CCCCCCCCOc1ccc([N+](=O)[O-])cc1C(F)(F)F. The van der Waals surface area contributed by atoms with Crippen LogP contribution in [0, 0.1) is 10.1 Å². The Kier molecular flexibility index (Phi) is 7.14. The van der Waals surface area contributed by atoms with Crippen molar-refractivity contribution in [3.05, 3.63) is 33.9 Å². The van der Waals surface area contributed by atoms with Crippen LogP contribution in [0.5, 0.6) is 5.75 Å². The van der Waals surface area contributed by atoms with Crippen molar-refractivity contribution >= 4 is 5.69 Å². The molecule has 0 spiro atoms. The maximum atomic E-state index is 12.9. The first-order valence-corrected chi connectivity index (χ1v) is 7.34. The normalized spacial score (nSPS) is 11.5. The smallest absolute Gasteiger partial charge is 0.420 e. The van der Waals surface area contributed by atoms with Gasteiger partial charge in [0, 0.05) is 12.1 Å². The molecule has 1 aromatic rings. The summed E-state index contributed by atoms with van der Waals surface area (Å²) in [7, 11) is 0. The molecule has 0 heterocycles. The number of benzene rings is 1. The lowest BCUT2D eigenvalue weighted by atomic mass is 10.1. The molecule has 0 N–H and O–H groups in total. The molecule has 0 radical (unpaired) electrons. The van der Waals surface area contributed by atoms with Gasteiger partial charge in [-0.3, -0.25) is 10.1 Å². The predicted molar refractivity (Wildman–Crippen MR) is 77.0 cm³/mol. The number of unbranched alkanes of at least 4 members (excludes halogenated alkanes) is 5. The van der Waals surface area contributed by atoms with Gasteiger partial charge in [0.15, 0.2) is 0 Å². The Balaban J connectivity index is 2.60. The van der Waals surface area contributed by atoms with Crippen LogP contribution in [-0.2, 0) is 6.18 Å². The van der Waals surface area contributed by atoms with E-state index in [9.17, 15) is 23.3 Å². The lowest BCUT2D eigenvalue weighted by Gasteiger charge is -2.13. The number of nitrogens with zero attached hydrogens (tertiary/aromatic N) is 1. The monoisotopic (exact) mass is 319 g/mol. The van der Waals surface area contributed by atoms with Crippen LogP contribution in [0.4, 0.5) is 18.9 Å². The topological polar surface area (TPSA) is 52.4 Å². The first-order chi connectivity index (χ1) is 10.4. The minimum Gasteiger partial charge on any atom is -0.493 e. The maximum absolute atomic E-state index is 12.9. The Morgan fingerprint density at radius 3 is 2.36 bits per heavy atom. The molecule has 0 unspecified atom stereocenters. The Morgan fingerprint density at radius 1 is 1.14 bits per heavy atom. The number of hydrogen-bond acceptors (Lipinski definition) is 3. The van der Waals surface area contributed by atoms with Crippen molar-refractivity contribution in [3.8, 4) is 5.75 Å². The van der Waals surface area contributed by atoms with E-state index in [1.54, 1.807) is 0 Å². The minimum absolute atomic E-state index is 0.174. The largest absolute Gasteiger partial charge is 0.493 e. The zero-order valence-corrected chi connectivity index (χ0v) is 12.5. The summed E-state index contributed by atoms with van der Waals surface area (Å²) in [5, 5.41) is 10.6. The summed E-state index contributed by atoms with van der Waals surface area (Å²) < 4.78 is 43.9. The molecule has 0 aliphatic rings. The summed E-state index contributed by atoms with van der Waals surface area (Å²) in [6.45, 7) is 2.28. The fourth-order valence-electron chi connectivity index (χ4n) is 2.04. The molecule has 0 bridgehead atoms. The minimum atomic E-state index is -4.68. The standard InChI is InChI=1S/C15H20F3NO3/c1-2-3-4-5-6-7-10-22-14-9-8-12(19(20)21)11-13(14)15(16,17)18/h8-9,11H,2-7,10H2,1H3. The van der Waals surface area contributed by atoms with Crippen molar-refractivity contribution in [1.29, 1.82) is 0 Å². The second kappa shape index (κ2) is 8.60. The summed E-state index contributed by atoms with van der Waals surface area (Å²) in [6, 6.07) is 2.54. The molecule has 1 rings (SSSR count). The number of halogens is 3. The van der Waals surface area contributed by atoms with Gasteiger partial charge in [-0.2, -0.15) is 13.2 Å². The van der Waals surface area contributed by atoms with Crippen molar-refractivity contribution in [3.63, 3.8) is 0 Å². The molecule has 0 saturated heterocycles. The fraction of sp³-hybridized carbons (Fsp3) is 0.600. The van der Waals surface area contributed by atoms with E-state index in [0.29, 0.717) is 12.5 Å². The van der Waals surface area contributed by atoms with E-state index in [2.05, 4.69) is 6.92 Å². The van der Waals surface area contributed by atoms with E-state index in [4.69, 9.17) is 4.74 Å². The first-order valence-electron chi connectivity index (χ1n) is 7.34. The molecule has 4 nitrogen and oxygen atoms in total. The highest BCUT2D eigenvalue weighted by atomic mass is 19.4. The first kappa shape index (κ1) is 18.3. The van der Waals surface area contributed by atoms with Crippen LogP contribution >= 0.6 is 0 Å². The third-order valence-electron chi connectivity index (χ3n) is 3.23. The zero-order valence-electron chi connectivity index (χ0n) is 12.5. The Labute approximate surface area is 127 Å². The molecule has 1 aromatic carbocycles. The molecule has 0 aliphatic carbocycles. The van der Waals surface area contributed by atoms with E-state index >= 15 is 0 Å². The summed E-state index contributed by atoms with van der Waals surface area (Å²) in [4.78, 5) is 9.72. The second-order valence-electron chi connectivity index (χ2n) is 5.05. The van der Waals surface area contributed by atoms with E-state index in [1.807, 2.05) is 0 Å². The van der Waals surface area contributed by atoms with Gasteiger partial charge >= 0.3 is 6.18 Å². The predicted octanol–water partition coefficient (Wildman–Crippen LogP) is 5.35. The van der Waals surface area contributed by atoms with Gasteiger partial charge in [0.2, 0.25) is 0 Å². The molecule has 22 heavy (non-hydrogen) atoms. The number of alkyl halides is 3. The van der Waals surface area contributed by atoms with Gasteiger partial charge < -0.3 is 4.74 Å². The van der Waals surface area contributed by atoms with Crippen molar-refractivity contribution in [1.82, 2.24) is 0 Å². The molecule has 0 saturated carbocycles. The van der Waals surface area contributed by atoms with E-state index in [-0.39, 0.29) is 12.4 Å². The zero-order chi connectivity index (χ0) is 16.6. The van der Waals surface area contributed by atoms with Gasteiger partial charge in [-0.05, 0) is 12.5 Å². The number of rotatable bonds is 9. The number of nitro benzene ring substituents is 1. The van der Waals surface area contributed by atoms with Crippen LogP contribution in [0.15, 0.2) is 18.2 Å². The van der Waals surface area contributed by atoms with E-state index < -0.39 is 22.4 Å². The summed E-state index contributed by atoms with van der Waals surface area (Å²) in [6.07, 6.45) is 1.32. The number of nitro groups is 1. The van der Waals surface area contributed by atoms with Gasteiger partial charge in [0.25, 0.3) is 5.69 Å². The Bertz CT molecular complexity index is 489. The Morgan fingerprint density at radius 2 is 1.77 bits per heavy atom. The lowest BCUT2D eigenvalue weighted by Crippen LogP contribution is -2.10. The number of hydrogen-bond donors (Lipinski definition) is 0. The summed E-state index contributed by atoms with van der Waals surface area (Å²) in [5.41, 5.74) is -1.70. The van der Waals surface area contributed by atoms with Crippen molar-refractivity contribution < 1.29 is 22.8 Å². The lowest BCUT2D eigenvalue weighted by molar-refractivity contribution is -0.385. The quantitative estimate of drug-likeness (QED) is 0.350. The third kappa shape index (κ3) is 5.91. The highest BCUT2D eigenvalue weighted by Gasteiger charge is 2.36. The summed E-state index contributed by atoms with van der Waals surface area (Å²) in [5.74, 6) is -0.355. The van der Waals surface area contributed by atoms with Gasteiger partial charge in [-0.1, -0.05) is 39.0 Å². The van der Waals surface area contributed by atoms with Crippen LogP contribution in [0.1, 0.15) is 51.0 Å². The average molecular weight is 319 g/mol. The molecule has 7 heteroatoms. The highest BCUT2D eigenvalue weighted by Crippen LogP contribution is 2.38. The van der Waals surface area contributed by atoms with Crippen LogP contribution in [0.2, 0.25) is 0 Å². The molecule has 0 amide bonds. The number of non-ortho nitro benzene ring substituents is 1. The van der Waals surface area contributed by atoms with Crippen molar-refractivity contribution in [2.75, 3.05) is 6.61 Å². The molecule has 0 aromatic heterocycles. The maximum Gasteiger partial charge on any atom is 0.420 e. The molecule has 0 fully saturated rings. The number of ether oxygens (including phenoxy) is 1. The van der Waals surface area contributed by atoms with Crippen LogP contribution < -0.4 is 4.74 Å². The fourth-order valence-corrected chi connectivity index (χ4v) is 2.04. The van der Waals surface area contributed by atoms with Gasteiger partial charge in [0.05, 0.1) is 11.5 Å². The molecule has 0 atom stereocenters. The third-order valence-corrected chi connectivity index (χ3v) is 3.23. The van der Waals surface area contributed by atoms with Crippen LogP contribution in [-0.4, -0.2) is 11.5 Å². The van der Waals surface area contributed by atoms with E-state index in [1.165, 1.54) is 0 Å². The van der Waals surface area contributed by atoms with Crippen molar-refractivity contribution in [2.24, 2.45) is 0 Å². The van der Waals surface area contributed by atoms with Crippen LogP contribution in [0.25, 0.3) is 0 Å². The molecule has 124 valence electrons. The Hall–Kier alpha value is -1.79. The van der Waals surface area contributed by atoms with Gasteiger partial charge in [0.1, 0.15) is 11.3 Å². The average Bonchev–Trinajstić information content (AvgIpc) is 2.45.